The molecule has 0 amide bonds. The molecule has 1 aromatic rings. The highest BCUT2D eigenvalue weighted by atomic mass is 16.1. The molecule has 1 nitrogen and oxygen atoms in total. The zero-order chi connectivity index (χ0) is 11.4. The van der Waals surface area contributed by atoms with Crippen LogP contribution in [0.1, 0.15) is 37.5 Å². The Morgan fingerprint density at radius 2 is 2.00 bits per heavy atom. The van der Waals surface area contributed by atoms with E-state index < -0.39 is 0 Å². The lowest BCUT2D eigenvalue weighted by Crippen LogP contribution is -1.92. The summed E-state index contributed by atoms with van der Waals surface area (Å²) in [4.78, 5) is 11.0. The predicted octanol–water partition coefficient (Wildman–Crippen LogP) is 3.55. The molecule has 0 N–H and O–H groups in total. The van der Waals surface area contributed by atoms with Crippen LogP contribution >= 0.6 is 0 Å². The first kappa shape index (κ1) is 11.7. The van der Waals surface area contributed by atoms with Gasteiger partial charge in [0, 0.05) is 0 Å². The molecule has 0 saturated carbocycles. The Hall–Kier alpha value is -1.37. The molecule has 0 spiro atoms. The molecule has 0 aromatic heterocycles. The van der Waals surface area contributed by atoms with Gasteiger partial charge in [0.15, 0.2) is 5.78 Å². The van der Waals surface area contributed by atoms with Gasteiger partial charge in [-0.1, -0.05) is 25.1 Å². The lowest BCUT2D eigenvalue weighted by molar-refractivity contribution is -0.112. The molecule has 0 unspecified atom stereocenters. The molecule has 0 atom stereocenters. The second-order valence-electron chi connectivity index (χ2n) is 3.94. The largest absolute Gasteiger partial charge is 0.295 e. The summed E-state index contributed by atoms with van der Waals surface area (Å²) in [5.74, 6) is 0.105. The minimum atomic E-state index is 0.105. The van der Waals surface area contributed by atoms with Gasteiger partial charge in [0.2, 0.25) is 0 Å². The number of carbonyl (C=O) groups is 1. The van der Waals surface area contributed by atoms with E-state index in [1.165, 1.54) is 16.7 Å². The monoisotopic (exact) mass is 202 g/mol. The van der Waals surface area contributed by atoms with Crippen molar-refractivity contribution in [2.75, 3.05) is 0 Å². The summed E-state index contributed by atoms with van der Waals surface area (Å²) >= 11 is 0. The van der Waals surface area contributed by atoms with E-state index in [0.29, 0.717) is 0 Å². The van der Waals surface area contributed by atoms with Crippen LogP contribution in [0.5, 0.6) is 0 Å². The number of benzene rings is 1. The normalized spacial score (nSPS) is 11.6. The molecule has 80 valence electrons. The van der Waals surface area contributed by atoms with Crippen LogP contribution in [0.15, 0.2) is 24.3 Å². The van der Waals surface area contributed by atoms with Crippen molar-refractivity contribution in [2.24, 2.45) is 0 Å². The molecule has 0 fully saturated rings. The third kappa shape index (κ3) is 3.05. The fourth-order valence-electron chi connectivity index (χ4n) is 1.70. The van der Waals surface area contributed by atoms with Crippen molar-refractivity contribution in [2.45, 2.75) is 34.1 Å². The van der Waals surface area contributed by atoms with Crippen LogP contribution in [0.2, 0.25) is 0 Å². The highest BCUT2D eigenvalue weighted by Crippen LogP contribution is 2.20. The highest BCUT2D eigenvalue weighted by molar-refractivity contribution is 5.95. The Balaban J connectivity index is 3.17. The van der Waals surface area contributed by atoms with Gasteiger partial charge in [-0.3, -0.25) is 4.79 Å². The fraction of sp³-hybridized carbons (Fsp3) is 0.357. The van der Waals surface area contributed by atoms with Crippen LogP contribution in [0.3, 0.4) is 0 Å². The summed E-state index contributed by atoms with van der Waals surface area (Å²) in [6, 6.07) is 6.43. The topological polar surface area (TPSA) is 17.1 Å². The standard InChI is InChI=1S/C14H18O/c1-5-13-7-6-10(2)14(9-13)11(3)8-12(4)15/h6-9H,5H2,1-4H3/b11-8-. The average molecular weight is 202 g/mol. The van der Waals surface area contributed by atoms with E-state index in [1.807, 2.05) is 6.92 Å². The summed E-state index contributed by atoms with van der Waals surface area (Å²) in [6.45, 7) is 7.79. The molecule has 15 heavy (non-hydrogen) atoms. The van der Waals surface area contributed by atoms with Gasteiger partial charge in [-0.15, -0.1) is 0 Å². The molecule has 0 aliphatic carbocycles. The number of allylic oxidation sites excluding steroid dienone is 2. The van der Waals surface area contributed by atoms with E-state index in [0.717, 1.165) is 12.0 Å². The van der Waals surface area contributed by atoms with Crippen LogP contribution in [-0.2, 0) is 11.2 Å². The van der Waals surface area contributed by atoms with Crippen molar-refractivity contribution in [3.63, 3.8) is 0 Å². The summed E-state index contributed by atoms with van der Waals surface area (Å²) in [7, 11) is 0. The summed E-state index contributed by atoms with van der Waals surface area (Å²) in [5, 5.41) is 0. The van der Waals surface area contributed by atoms with Gasteiger partial charge in [-0.05, 0) is 55.5 Å². The second-order valence-corrected chi connectivity index (χ2v) is 3.94. The zero-order valence-corrected chi connectivity index (χ0v) is 9.92. The number of rotatable bonds is 3. The van der Waals surface area contributed by atoms with Gasteiger partial charge in [0.05, 0.1) is 0 Å². The Bertz CT molecular complexity index is 400. The van der Waals surface area contributed by atoms with Crippen molar-refractivity contribution < 1.29 is 4.79 Å². The molecule has 1 heteroatoms. The SMILES string of the molecule is CCc1ccc(C)c(/C(C)=C\C(C)=O)c1. The van der Waals surface area contributed by atoms with E-state index in [9.17, 15) is 4.79 Å². The summed E-state index contributed by atoms with van der Waals surface area (Å²) in [6.07, 6.45) is 2.72. The van der Waals surface area contributed by atoms with Gasteiger partial charge < -0.3 is 0 Å². The Morgan fingerprint density at radius 1 is 1.33 bits per heavy atom. The van der Waals surface area contributed by atoms with Gasteiger partial charge >= 0.3 is 0 Å². The van der Waals surface area contributed by atoms with Crippen LogP contribution in [-0.4, -0.2) is 5.78 Å². The Kier molecular flexibility index (Phi) is 3.84. The van der Waals surface area contributed by atoms with Crippen molar-refractivity contribution >= 4 is 11.4 Å². The minimum absolute atomic E-state index is 0.105. The van der Waals surface area contributed by atoms with Gasteiger partial charge in [0.1, 0.15) is 0 Å². The molecule has 0 heterocycles. The van der Waals surface area contributed by atoms with Crippen LogP contribution in [0.4, 0.5) is 0 Å². The molecule has 0 bridgehead atoms. The molecule has 0 saturated heterocycles. The molecule has 0 aliphatic heterocycles. The zero-order valence-electron chi connectivity index (χ0n) is 9.92. The maximum atomic E-state index is 11.0. The third-order valence-corrected chi connectivity index (χ3v) is 2.55. The van der Waals surface area contributed by atoms with Crippen LogP contribution in [0.25, 0.3) is 5.57 Å². The smallest absolute Gasteiger partial charge is 0.152 e. The lowest BCUT2D eigenvalue weighted by Gasteiger charge is -2.08. The molecule has 1 rings (SSSR count). The Labute approximate surface area is 91.8 Å². The van der Waals surface area contributed by atoms with E-state index in [2.05, 4.69) is 32.0 Å². The highest BCUT2D eigenvalue weighted by Gasteiger charge is 2.02. The van der Waals surface area contributed by atoms with Crippen LogP contribution in [0, 0.1) is 6.92 Å². The Morgan fingerprint density at radius 3 is 2.53 bits per heavy atom. The quantitative estimate of drug-likeness (QED) is 0.685. The van der Waals surface area contributed by atoms with Crippen molar-refractivity contribution in [3.8, 4) is 0 Å². The lowest BCUT2D eigenvalue weighted by atomic mass is 9.97. The van der Waals surface area contributed by atoms with Crippen molar-refractivity contribution in [1.29, 1.82) is 0 Å². The summed E-state index contributed by atoms with van der Waals surface area (Å²) in [5.41, 5.74) is 4.77. The van der Waals surface area contributed by atoms with Crippen molar-refractivity contribution in [1.82, 2.24) is 0 Å². The predicted molar refractivity (Wildman–Crippen MR) is 64.9 cm³/mol. The van der Waals surface area contributed by atoms with Gasteiger partial charge in [-0.25, -0.2) is 0 Å². The van der Waals surface area contributed by atoms with E-state index in [1.54, 1.807) is 13.0 Å². The number of ketones is 1. The molecule has 0 radical (unpaired) electrons. The molecule has 1 aromatic carbocycles. The average Bonchev–Trinajstić information content (AvgIpc) is 2.17. The number of aryl methyl sites for hydroxylation is 2. The van der Waals surface area contributed by atoms with Crippen LogP contribution < -0.4 is 0 Å². The maximum absolute atomic E-state index is 11.0. The minimum Gasteiger partial charge on any atom is -0.295 e. The second kappa shape index (κ2) is 4.92. The summed E-state index contributed by atoms with van der Waals surface area (Å²) < 4.78 is 0. The fourth-order valence-corrected chi connectivity index (χ4v) is 1.70. The molecular formula is C14H18O. The first-order chi connectivity index (χ1) is 7.04. The third-order valence-electron chi connectivity index (χ3n) is 2.55. The van der Waals surface area contributed by atoms with Gasteiger partial charge in [0.25, 0.3) is 0 Å². The first-order valence-corrected chi connectivity index (χ1v) is 5.33. The maximum Gasteiger partial charge on any atom is 0.152 e. The van der Waals surface area contributed by atoms with E-state index in [4.69, 9.17) is 0 Å². The molecule has 0 aliphatic rings. The molecular weight excluding hydrogens is 184 g/mol. The van der Waals surface area contributed by atoms with Gasteiger partial charge in [-0.2, -0.15) is 0 Å². The van der Waals surface area contributed by atoms with E-state index >= 15 is 0 Å². The first-order valence-electron chi connectivity index (χ1n) is 5.33. The van der Waals surface area contributed by atoms with E-state index in [-0.39, 0.29) is 5.78 Å². The number of carbonyl (C=O) groups excluding carboxylic acids is 1. The van der Waals surface area contributed by atoms with Crippen molar-refractivity contribution in [3.05, 3.63) is 41.0 Å². The number of hydrogen-bond acceptors (Lipinski definition) is 1. The number of hydrogen-bond donors (Lipinski definition) is 0.